The summed E-state index contributed by atoms with van der Waals surface area (Å²) in [7, 11) is 0. The number of hydrogen-bond acceptors (Lipinski definition) is 6. The van der Waals surface area contributed by atoms with E-state index < -0.39 is 36.0 Å². The number of benzene rings is 1. The van der Waals surface area contributed by atoms with Crippen LogP contribution in [0, 0.1) is 0 Å². The number of amides is 2. The van der Waals surface area contributed by atoms with Crippen LogP contribution in [0.15, 0.2) is 12.1 Å². The summed E-state index contributed by atoms with van der Waals surface area (Å²) in [5.74, 6) is -2.08. The van der Waals surface area contributed by atoms with Gasteiger partial charge in [-0.1, -0.05) is 12.1 Å². The van der Waals surface area contributed by atoms with E-state index in [9.17, 15) is 24.6 Å². The van der Waals surface area contributed by atoms with Crippen LogP contribution in [0.5, 0.6) is 5.75 Å². The fourth-order valence-electron chi connectivity index (χ4n) is 2.92. The molecule has 1 aliphatic heterocycles. The summed E-state index contributed by atoms with van der Waals surface area (Å²) in [6.45, 7) is 4.88. The Morgan fingerprint density at radius 2 is 2.00 bits per heavy atom. The zero-order valence-electron chi connectivity index (χ0n) is 15.1. The number of aliphatic hydroxyl groups excluding tert-OH is 1. The van der Waals surface area contributed by atoms with E-state index >= 15 is 0 Å². The SMILES string of the molecule is CC(C)(C)OC(=O)CCC(C(N)=O)N1Cc2ccc(CO)c(O)c2C1=O. The number of carbonyl (C=O) groups is 3. The van der Waals surface area contributed by atoms with Gasteiger partial charge in [-0.15, -0.1) is 0 Å². The van der Waals surface area contributed by atoms with Crippen LogP contribution >= 0.6 is 0 Å². The van der Waals surface area contributed by atoms with Crippen LogP contribution in [0.4, 0.5) is 0 Å². The fraction of sp³-hybridized carbons (Fsp3) is 0.500. The number of aliphatic hydroxyl groups is 1. The minimum absolute atomic E-state index is 0.0254. The summed E-state index contributed by atoms with van der Waals surface area (Å²) in [5.41, 5.74) is 5.60. The van der Waals surface area contributed by atoms with Crippen LogP contribution in [-0.2, 0) is 27.5 Å². The Balaban J connectivity index is 2.17. The third-order valence-corrected chi connectivity index (χ3v) is 4.08. The van der Waals surface area contributed by atoms with Gasteiger partial charge in [0.2, 0.25) is 5.91 Å². The van der Waals surface area contributed by atoms with Gasteiger partial charge in [-0.25, -0.2) is 0 Å². The standard InChI is InChI=1S/C18H24N2O6/c1-18(2,3)26-13(22)7-6-12(16(19)24)20-8-10-4-5-11(9-21)15(23)14(10)17(20)25/h4-5,12,21,23H,6-9H2,1-3H3,(H2,19,24). The maximum atomic E-state index is 12.7. The summed E-state index contributed by atoms with van der Waals surface area (Å²) < 4.78 is 5.21. The average molecular weight is 364 g/mol. The van der Waals surface area contributed by atoms with Crippen LogP contribution < -0.4 is 5.73 Å². The number of nitrogens with two attached hydrogens (primary N) is 1. The molecule has 2 rings (SSSR count). The molecule has 0 aromatic heterocycles. The van der Waals surface area contributed by atoms with Gasteiger partial charge in [-0.2, -0.15) is 0 Å². The molecule has 0 fully saturated rings. The first-order chi connectivity index (χ1) is 12.0. The second-order valence-corrected chi connectivity index (χ2v) is 7.24. The van der Waals surface area contributed by atoms with E-state index in [2.05, 4.69) is 0 Å². The topological polar surface area (TPSA) is 130 Å². The lowest BCUT2D eigenvalue weighted by molar-refractivity contribution is -0.155. The zero-order chi connectivity index (χ0) is 19.6. The minimum Gasteiger partial charge on any atom is -0.507 e. The Bertz CT molecular complexity index is 738. The molecular formula is C18H24N2O6. The van der Waals surface area contributed by atoms with Crippen molar-refractivity contribution in [2.75, 3.05) is 0 Å². The summed E-state index contributed by atoms with van der Waals surface area (Å²) >= 11 is 0. The van der Waals surface area contributed by atoms with Crippen LogP contribution in [0.1, 0.15) is 55.1 Å². The van der Waals surface area contributed by atoms with Gasteiger partial charge >= 0.3 is 5.97 Å². The molecule has 2 amide bonds. The average Bonchev–Trinajstić information content (AvgIpc) is 2.83. The maximum absolute atomic E-state index is 12.7. The first-order valence-electron chi connectivity index (χ1n) is 8.32. The smallest absolute Gasteiger partial charge is 0.306 e. The van der Waals surface area contributed by atoms with Crippen LogP contribution in [0.25, 0.3) is 0 Å². The molecule has 26 heavy (non-hydrogen) atoms. The monoisotopic (exact) mass is 364 g/mol. The number of carbonyl (C=O) groups excluding carboxylic acids is 3. The van der Waals surface area contributed by atoms with Gasteiger partial charge in [-0.3, -0.25) is 14.4 Å². The molecule has 1 aliphatic rings. The van der Waals surface area contributed by atoms with Crippen LogP contribution in [0.2, 0.25) is 0 Å². The highest BCUT2D eigenvalue weighted by molar-refractivity contribution is 6.03. The summed E-state index contributed by atoms with van der Waals surface area (Å²) in [4.78, 5) is 37.7. The van der Waals surface area contributed by atoms with E-state index in [0.29, 0.717) is 5.56 Å². The molecule has 1 aromatic rings. The maximum Gasteiger partial charge on any atom is 0.306 e. The third-order valence-electron chi connectivity index (χ3n) is 4.08. The Hall–Kier alpha value is -2.61. The van der Waals surface area contributed by atoms with E-state index in [1.165, 1.54) is 11.0 Å². The van der Waals surface area contributed by atoms with E-state index in [1.807, 2.05) is 0 Å². The Morgan fingerprint density at radius 1 is 1.35 bits per heavy atom. The zero-order valence-corrected chi connectivity index (χ0v) is 15.1. The van der Waals surface area contributed by atoms with Gasteiger partial charge in [0.15, 0.2) is 0 Å². The molecule has 0 radical (unpaired) electrons. The number of nitrogens with zero attached hydrogens (tertiary/aromatic N) is 1. The first kappa shape index (κ1) is 19.7. The van der Waals surface area contributed by atoms with Gasteiger partial charge in [0.25, 0.3) is 5.91 Å². The Kier molecular flexibility index (Phi) is 5.56. The highest BCUT2D eigenvalue weighted by Crippen LogP contribution is 2.34. The molecule has 0 saturated carbocycles. The van der Waals surface area contributed by atoms with Crippen molar-refractivity contribution in [1.82, 2.24) is 4.90 Å². The van der Waals surface area contributed by atoms with E-state index in [-0.39, 0.29) is 36.3 Å². The van der Waals surface area contributed by atoms with Gasteiger partial charge in [-0.05, 0) is 32.8 Å². The molecular weight excluding hydrogens is 340 g/mol. The van der Waals surface area contributed by atoms with Gasteiger partial charge < -0.3 is 25.6 Å². The van der Waals surface area contributed by atoms with Crippen molar-refractivity contribution in [3.05, 3.63) is 28.8 Å². The molecule has 0 aliphatic carbocycles. The summed E-state index contributed by atoms with van der Waals surface area (Å²) in [5, 5.41) is 19.4. The van der Waals surface area contributed by atoms with Crippen LogP contribution in [0.3, 0.4) is 0 Å². The first-order valence-corrected chi connectivity index (χ1v) is 8.32. The van der Waals surface area contributed by atoms with Gasteiger partial charge in [0, 0.05) is 18.5 Å². The molecule has 0 spiro atoms. The normalized spacial score (nSPS) is 14.9. The summed E-state index contributed by atoms with van der Waals surface area (Å²) in [6.07, 6.45) is -0.0452. The highest BCUT2D eigenvalue weighted by atomic mass is 16.6. The van der Waals surface area contributed by atoms with Crippen molar-refractivity contribution < 1.29 is 29.3 Å². The molecule has 0 saturated heterocycles. The highest BCUT2D eigenvalue weighted by Gasteiger charge is 2.38. The Labute approximate surface area is 151 Å². The van der Waals surface area contributed by atoms with Crippen LogP contribution in [-0.4, -0.2) is 44.5 Å². The van der Waals surface area contributed by atoms with Crippen molar-refractivity contribution in [2.45, 2.75) is 58.4 Å². The second-order valence-electron chi connectivity index (χ2n) is 7.24. The lowest BCUT2D eigenvalue weighted by Gasteiger charge is -2.25. The molecule has 0 bridgehead atoms. The fourth-order valence-corrected chi connectivity index (χ4v) is 2.92. The van der Waals surface area contributed by atoms with Crippen molar-refractivity contribution in [1.29, 1.82) is 0 Å². The number of hydrogen-bond donors (Lipinski definition) is 3. The van der Waals surface area contributed by atoms with E-state index in [0.717, 1.165) is 0 Å². The second kappa shape index (κ2) is 7.33. The minimum atomic E-state index is -1.00. The molecule has 1 atom stereocenters. The van der Waals surface area contributed by atoms with E-state index in [4.69, 9.17) is 10.5 Å². The van der Waals surface area contributed by atoms with Gasteiger partial charge in [0.1, 0.15) is 17.4 Å². The molecule has 1 aromatic carbocycles. The van der Waals surface area contributed by atoms with Gasteiger partial charge in [0.05, 0.1) is 12.2 Å². The molecule has 8 heteroatoms. The summed E-state index contributed by atoms with van der Waals surface area (Å²) in [6, 6.07) is 2.13. The third kappa shape index (κ3) is 4.13. The predicted octanol–water partition coefficient (Wildman–Crippen LogP) is 0.816. The largest absolute Gasteiger partial charge is 0.507 e. The number of aromatic hydroxyl groups is 1. The van der Waals surface area contributed by atoms with E-state index in [1.54, 1.807) is 26.8 Å². The van der Waals surface area contributed by atoms with Crippen molar-refractivity contribution in [3.8, 4) is 5.75 Å². The van der Waals surface area contributed by atoms with Crippen molar-refractivity contribution in [2.24, 2.45) is 5.73 Å². The lowest BCUT2D eigenvalue weighted by atomic mass is 10.0. The molecule has 1 unspecified atom stereocenters. The number of ether oxygens (including phenoxy) is 1. The predicted molar refractivity (Wildman–Crippen MR) is 92.0 cm³/mol. The number of phenols is 1. The molecule has 8 nitrogen and oxygen atoms in total. The lowest BCUT2D eigenvalue weighted by Crippen LogP contribution is -2.45. The van der Waals surface area contributed by atoms with Crippen molar-refractivity contribution in [3.63, 3.8) is 0 Å². The number of fused-ring (bicyclic) bond motifs is 1. The quantitative estimate of drug-likeness (QED) is 0.641. The molecule has 1 heterocycles. The number of primary amides is 1. The molecule has 142 valence electrons. The number of rotatable bonds is 6. The molecule has 4 N–H and O–H groups in total. The number of esters is 1. The Morgan fingerprint density at radius 3 is 2.54 bits per heavy atom. The van der Waals surface area contributed by atoms with Crippen molar-refractivity contribution >= 4 is 17.8 Å².